The monoisotopic (exact) mass is 248 g/mol. The number of carbonyl (C=O) groups excluding carboxylic acids is 1. The van der Waals surface area contributed by atoms with Crippen molar-refractivity contribution >= 4 is 6.03 Å². The molecule has 0 fully saturated rings. The van der Waals surface area contributed by atoms with Gasteiger partial charge in [0.1, 0.15) is 0 Å². The minimum absolute atomic E-state index is 0.120. The first-order valence-electron chi connectivity index (χ1n) is 6.27. The van der Waals surface area contributed by atoms with Gasteiger partial charge < -0.3 is 11.1 Å². The smallest absolute Gasteiger partial charge is 0.312 e. The molecule has 0 saturated carbocycles. The highest BCUT2D eigenvalue weighted by molar-refractivity contribution is 5.71. The highest BCUT2D eigenvalue weighted by Gasteiger charge is 2.22. The van der Waals surface area contributed by atoms with Crippen molar-refractivity contribution in [2.45, 2.75) is 45.4 Å². The molecule has 0 saturated heterocycles. The van der Waals surface area contributed by atoms with E-state index in [1.54, 1.807) is 0 Å². The Bertz CT molecular complexity index is 413. The lowest BCUT2D eigenvalue weighted by Crippen LogP contribution is -2.39. The molecule has 3 heteroatoms. The van der Waals surface area contributed by atoms with Crippen LogP contribution in [-0.2, 0) is 10.8 Å². The van der Waals surface area contributed by atoms with Crippen molar-refractivity contribution in [3.8, 4) is 0 Å². The molecule has 0 aliphatic carbocycles. The SMILES string of the molecule is CC(C)(C)c1ccc(C(C)(C)CNC(N)=O)cc1. The topological polar surface area (TPSA) is 55.1 Å². The fourth-order valence-electron chi connectivity index (χ4n) is 1.83. The van der Waals surface area contributed by atoms with Gasteiger partial charge in [-0.1, -0.05) is 58.9 Å². The second-order valence-electron chi connectivity index (χ2n) is 6.43. The van der Waals surface area contributed by atoms with Crippen molar-refractivity contribution in [3.05, 3.63) is 35.4 Å². The van der Waals surface area contributed by atoms with E-state index in [2.05, 4.69) is 64.2 Å². The van der Waals surface area contributed by atoms with Gasteiger partial charge in [0.05, 0.1) is 0 Å². The Balaban J connectivity index is 2.87. The van der Waals surface area contributed by atoms with Crippen LogP contribution in [0.3, 0.4) is 0 Å². The number of hydrogen-bond acceptors (Lipinski definition) is 1. The third-order valence-electron chi connectivity index (χ3n) is 3.24. The number of nitrogens with two attached hydrogens (primary N) is 1. The molecule has 1 rings (SSSR count). The van der Waals surface area contributed by atoms with E-state index in [-0.39, 0.29) is 10.8 Å². The summed E-state index contributed by atoms with van der Waals surface area (Å²) in [5, 5.41) is 2.67. The fourth-order valence-corrected chi connectivity index (χ4v) is 1.83. The summed E-state index contributed by atoms with van der Waals surface area (Å²) in [5.74, 6) is 0. The van der Waals surface area contributed by atoms with E-state index in [1.165, 1.54) is 11.1 Å². The summed E-state index contributed by atoms with van der Waals surface area (Å²) in [6.07, 6.45) is 0. The van der Waals surface area contributed by atoms with Gasteiger partial charge in [-0.15, -0.1) is 0 Å². The molecule has 0 bridgehead atoms. The van der Waals surface area contributed by atoms with E-state index >= 15 is 0 Å². The predicted molar refractivity (Wildman–Crippen MR) is 75.8 cm³/mol. The Morgan fingerprint density at radius 1 is 1.06 bits per heavy atom. The van der Waals surface area contributed by atoms with Gasteiger partial charge in [-0.25, -0.2) is 4.79 Å². The average Bonchev–Trinajstić information content (AvgIpc) is 2.26. The molecule has 100 valence electrons. The first-order chi connectivity index (χ1) is 8.13. The van der Waals surface area contributed by atoms with Crippen LogP contribution < -0.4 is 11.1 Å². The van der Waals surface area contributed by atoms with Crippen LogP contribution >= 0.6 is 0 Å². The number of amides is 2. The standard InChI is InChI=1S/C15H24N2O/c1-14(2,3)11-6-8-12(9-7-11)15(4,5)10-17-13(16)18/h6-9H,10H2,1-5H3,(H3,16,17,18). The summed E-state index contributed by atoms with van der Waals surface area (Å²) in [5.41, 5.74) is 7.66. The summed E-state index contributed by atoms with van der Waals surface area (Å²) >= 11 is 0. The van der Waals surface area contributed by atoms with Crippen molar-refractivity contribution in [1.29, 1.82) is 0 Å². The minimum Gasteiger partial charge on any atom is -0.352 e. The fraction of sp³-hybridized carbons (Fsp3) is 0.533. The second kappa shape index (κ2) is 5.01. The maximum Gasteiger partial charge on any atom is 0.312 e. The summed E-state index contributed by atoms with van der Waals surface area (Å²) in [4.78, 5) is 10.8. The summed E-state index contributed by atoms with van der Waals surface area (Å²) in [6, 6.07) is 8.09. The zero-order valence-electron chi connectivity index (χ0n) is 12.0. The highest BCUT2D eigenvalue weighted by Crippen LogP contribution is 2.27. The maximum absolute atomic E-state index is 10.8. The maximum atomic E-state index is 10.8. The molecule has 2 amide bonds. The van der Waals surface area contributed by atoms with Crippen molar-refractivity contribution in [3.63, 3.8) is 0 Å². The molecular formula is C15H24N2O. The van der Waals surface area contributed by atoms with Crippen LogP contribution in [0.1, 0.15) is 45.7 Å². The quantitative estimate of drug-likeness (QED) is 0.849. The third kappa shape index (κ3) is 3.76. The Hall–Kier alpha value is -1.51. The molecule has 0 aromatic heterocycles. The van der Waals surface area contributed by atoms with E-state index in [9.17, 15) is 4.79 Å². The first kappa shape index (κ1) is 14.6. The average molecular weight is 248 g/mol. The molecule has 18 heavy (non-hydrogen) atoms. The first-order valence-corrected chi connectivity index (χ1v) is 6.27. The van der Waals surface area contributed by atoms with Gasteiger partial charge in [-0.05, 0) is 16.5 Å². The molecule has 3 N–H and O–H groups in total. The number of nitrogens with one attached hydrogen (secondary N) is 1. The molecule has 1 aromatic rings. The van der Waals surface area contributed by atoms with Crippen molar-refractivity contribution in [1.82, 2.24) is 5.32 Å². The molecule has 0 radical (unpaired) electrons. The van der Waals surface area contributed by atoms with Gasteiger partial charge in [0, 0.05) is 12.0 Å². The van der Waals surface area contributed by atoms with Crippen LogP contribution in [0, 0.1) is 0 Å². The molecule has 0 atom stereocenters. The lowest BCUT2D eigenvalue weighted by molar-refractivity contribution is 0.246. The van der Waals surface area contributed by atoms with Crippen molar-refractivity contribution in [2.24, 2.45) is 5.73 Å². The number of benzene rings is 1. The molecule has 3 nitrogen and oxygen atoms in total. The lowest BCUT2D eigenvalue weighted by Gasteiger charge is -2.27. The molecule has 0 aliphatic rings. The van der Waals surface area contributed by atoms with Crippen LogP contribution in [0.15, 0.2) is 24.3 Å². The zero-order chi connectivity index (χ0) is 14.0. The minimum atomic E-state index is -0.477. The highest BCUT2D eigenvalue weighted by atomic mass is 16.2. The van der Waals surface area contributed by atoms with Gasteiger partial charge in [-0.2, -0.15) is 0 Å². The number of rotatable bonds is 3. The van der Waals surface area contributed by atoms with Crippen LogP contribution in [0.25, 0.3) is 0 Å². The third-order valence-corrected chi connectivity index (χ3v) is 3.24. The molecule has 0 heterocycles. The largest absolute Gasteiger partial charge is 0.352 e. The van der Waals surface area contributed by atoms with Gasteiger partial charge in [0.15, 0.2) is 0 Å². The normalized spacial score (nSPS) is 12.3. The summed E-state index contributed by atoms with van der Waals surface area (Å²) in [6.45, 7) is 11.3. The van der Waals surface area contributed by atoms with Crippen LogP contribution in [0.2, 0.25) is 0 Å². The van der Waals surface area contributed by atoms with E-state index in [0.717, 1.165) is 0 Å². The Labute approximate surface area is 110 Å². The number of urea groups is 1. The van der Waals surface area contributed by atoms with Gasteiger partial charge in [0.25, 0.3) is 0 Å². The Morgan fingerprint density at radius 3 is 1.89 bits per heavy atom. The predicted octanol–water partition coefficient (Wildman–Crippen LogP) is 2.93. The number of carbonyl (C=O) groups is 1. The molecule has 0 spiro atoms. The van der Waals surface area contributed by atoms with E-state index in [1.807, 2.05) is 0 Å². The van der Waals surface area contributed by atoms with E-state index < -0.39 is 6.03 Å². The second-order valence-corrected chi connectivity index (χ2v) is 6.43. The summed E-state index contributed by atoms with van der Waals surface area (Å²) < 4.78 is 0. The van der Waals surface area contributed by atoms with Gasteiger partial charge >= 0.3 is 6.03 Å². The Kier molecular flexibility index (Phi) is 4.05. The van der Waals surface area contributed by atoms with Crippen LogP contribution in [-0.4, -0.2) is 12.6 Å². The molecule has 0 unspecified atom stereocenters. The Morgan fingerprint density at radius 2 is 1.50 bits per heavy atom. The van der Waals surface area contributed by atoms with E-state index in [4.69, 9.17) is 5.73 Å². The molecule has 0 aliphatic heterocycles. The molecular weight excluding hydrogens is 224 g/mol. The van der Waals surface area contributed by atoms with Crippen LogP contribution in [0.4, 0.5) is 4.79 Å². The summed E-state index contributed by atoms with van der Waals surface area (Å²) in [7, 11) is 0. The van der Waals surface area contributed by atoms with Crippen molar-refractivity contribution in [2.75, 3.05) is 6.54 Å². The van der Waals surface area contributed by atoms with Gasteiger partial charge in [-0.3, -0.25) is 0 Å². The van der Waals surface area contributed by atoms with E-state index in [0.29, 0.717) is 6.54 Å². The van der Waals surface area contributed by atoms with Crippen LogP contribution in [0.5, 0.6) is 0 Å². The van der Waals surface area contributed by atoms with Gasteiger partial charge in [0.2, 0.25) is 0 Å². The van der Waals surface area contributed by atoms with Crippen molar-refractivity contribution < 1.29 is 4.79 Å². The zero-order valence-corrected chi connectivity index (χ0v) is 12.0. The number of primary amides is 1. The lowest BCUT2D eigenvalue weighted by atomic mass is 9.81. The number of hydrogen-bond donors (Lipinski definition) is 2. The molecule has 1 aromatic carbocycles.